The molecule has 4 rings (SSSR count). The Hall–Kier alpha value is -3.43. The van der Waals surface area contributed by atoms with Gasteiger partial charge in [-0.15, -0.1) is 0 Å². The van der Waals surface area contributed by atoms with Crippen LogP contribution in [0.3, 0.4) is 0 Å². The van der Waals surface area contributed by atoms with Gasteiger partial charge < -0.3 is 16.5 Å². The second-order valence-electron chi connectivity index (χ2n) is 9.57. The number of amides is 1. The summed E-state index contributed by atoms with van der Waals surface area (Å²) in [5.74, 6) is 5.29. The Morgan fingerprint density at radius 2 is 1.73 bits per heavy atom. The van der Waals surface area contributed by atoms with Crippen molar-refractivity contribution in [2.45, 2.75) is 62.4 Å². The Balaban J connectivity index is 1.65. The van der Waals surface area contributed by atoms with Crippen LogP contribution in [-0.2, 0) is 21.2 Å². The predicted octanol–water partition coefficient (Wildman–Crippen LogP) is 3.49. The molecule has 0 saturated heterocycles. The van der Waals surface area contributed by atoms with Crippen LogP contribution >= 0.6 is 0 Å². The molecule has 1 atom stereocenters. The predicted molar refractivity (Wildman–Crippen MR) is 147 cm³/mol. The SMILES string of the molecule is CCCN(C(=O)[C@H](Cc1ccc(/C(N)=N/N)cc1)NS(=O)(=O)c1ccc2ccccc2c1)C1CCCC1. The third kappa shape index (κ3) is 6.29. The van der Waals surface area contributed by atoms with Crippen LogP contribution in [0.4, 0.5) is 0 Å². The van der Waals surface area contributed by atoms with Crippen LogP contribution in [0.1, 0.15) is 50.2 Å². The van der Waals surface area contributed by atoms with Crippen molar-refractivity contribution >= 4 is 32.5 Å². The minimum Gasteiger partial charge on any atom is -0.382 e. The number of carbonyl (C=O) groups excluding carboxylic acids is 1. The second kappa shape index (κ2) is 11.7. The molecule has 9 heteroatoms. The van der Waals surface area contributed by atoms with E-state index < -0.39 is 16.1 Å². The molecule has 0 radical (unpaired) electrons. The number of nitrogens with zero attached hydrogens (tertiary/aromatic N) is 2. The Morgan fingerprint density at radius 3 is 2.38 bits per heavy atom. The van der Waals surface area contributed by atoms with Gasteiger partial charge in [-0.25, -0.2) is 8.42 Å². The molecule has 196 valence electrons. The zero-order valence-electron chi connectivity index (χ0n) is 21.1. The standard InChI is InChI=1S/C28H35N5O3S/c1-2-17-33(24-9-5-6-10-24)28(34)26(18-20-11-13-22(14-12-20)27(29)31-30)32-37(35,36)25-16-15-21-7-3-4-8-23(21)19-25/h3-4,7-8,11-16,19,24,26,32H,2,5-6,9-10,17-18,30H2,1H3,(H2,29,31)/t26-/m0/s1. The van der Waals surface area contributed by atoms with E-state index in [1.54, 1.807) is 30.3 Å². The first-order chi connectivity index (χ1) is 17.8. The average molecular weight is 522 g/mol. The van der Waals surface area contributed by atoms with Gasteiger partial charge in [0, 0.05) is 18.2 Å². The summed E-state index contributed by atoms with van der Waals surface area (Å²) in [6.07, 6.45) is 5.07. The third-order valence-corrected chi connectivity index (χ3v) is 8.44. The molecule has 0 aliphatic heterocycles. The van der Waals surface area contributed by atoms with Crippen molar-refractivity contribution in [2.75, 3.05) is 6.54 Å². The summed E-state index contributed by atoms with van der Waals surface area (Å²) in [7, 11) is -3.97. The molecule has 0 unspecified atom stereocenters. The van der Waals surface area contributed by atoms with E-state index in [0.717, 1.165) is 48.4 Å². The summed E-state index contributed by atoms with van der Waals surface area (Å²) in [5.41, 5.74) is 7.26. The molecule has 8 nitrogen and oxygen atoms in total. The van der Waals surface area contributed by atoms with Crippen molar-refractivity contribution in [3.63, 3.8) is 0 Å². The van der Waals surface area contributed by atoms with Crippen LogP contribution in [0.5, 0.6) is 0 Å². The van der Waals surface area contributed by atoms with E-state index in [1.165, 1.54) is 0 Å². The molecule has 0 bridgehead atoms. The summed E-state index contributed by atoms with van der Waals surface area (Å²) in [6.45, 7) is 2.63. The summed E-state index contributed by atoms with van der Waals surface area (Å²) in [4.78, 5) is 15.9. The molecule has 5 N–H and O–H groups in total. The van der Waals surface area contributed by atoms with Gasteiger partial charge in [0.25, 0.3) is 0 Å². The molecule has 1 aliphatic carbocycles. The number of sulfonamides is 1. The Labute approximate surface area is 218 Å². The van der Waals surface area contributed by atoms with Gasteiger partial charge in [0.1, 0.15) is 11.9 Å². The normalized spacial score (nSPS) is 15.6. The first kappa shape index (κ1) is 26.6. The maximum Gasteiger partial charge on any atom is 0.241 e. The van der Waals surface area contributed by atoms with Gasteiger partial charge in [-0.3, -0.25) is 4.79 Å². The van der Waals surface area contributed by atoms with Crippen molar-refractivity contribution < 1.29 is 13.2 Å². The number of hydrazone groups is 1. The smallest absolute Gasteiger partial charge is 0.241 e. The number of nitrogens with two attached hydrogens (primary N) is 2. The number of hydrogen-bond acceptors (Lipinski definition) is 5. The van der Waals surface area contributed by atoms with Crippen LogP contribution in [-0.4, -0.2) is 43.7 Å². The fourth-order valence-electron chi connectivity index (χ4n) is 5.02. The number of benzene rings is 3. The molecule has 0 heterocycles. The molecule has 3 aromatic rings. The zero-order valence-corrected chi connectivity index (χ0v) is 22.0. The number of fused-ring (bicyclic) bond motifs is 1. The fraction of sp³-hybridized carbons (Fsp3) is 0.357. The molecule has 1 fully saturated rings. The lowest BCUT2D eigenvalue weighted by molar-refractivity contribution is -0.135. The highest BCUT2D eigenvalue weighted by molar-refractivity contribution is 7.89. The molecule has 1 saturated carbocycles. The number of hydrogen-bond donors (Lipinski definition) is 3. The third-order valence-electron chi connectivity index (χ3n) is 6.97. The molecule has 3 aromatic carbocycles. The van der Waals surface area contributed by atoms with Crippen molar-refractivity contribution in [2.24, 2.45) is 16.7 Å². The van der Waals surface area contributed by atoms with Crippen molar-refractivity contribution in [3.8, 4) is 0 Å². The summed E-state index contributed by atoms with van der Waals surface area (Å²) < 4.78 is 29.8. The van der Waals surface area contributed by atoms with Crippen LogP contribution in [0.25, 0.3) is 10.8 Å². The fourth-order valence-corrected chi connectivity index (χ4v) is 6.24. The zero-order chi connectivity index (χ0) is 26.4. The van der Waals surface area contributed by atoms with E-state index in [4.69, 9.17) is 11.6 Å². The molecular formula is C28H35N5O3S. The topological polar surface area (TPSA) is 131 Å². The highest BCUT2D eigenvalue weighted by Gasteiger charge is 2.33. The first-order valence-electron chi connectivity index (χ1n) is 12.8. The van der Waals surface area contributed by atoms with Gasteiger partial charge >= 0.3 is 0 Å². The molecule has 1 amide bonds. The van der Waals surface area contributed by atoms with E-state index in [9.17, 15) is 13.2 Å². The lowest BCUT2D eigenvalue weighted by Crippen LogP contribution is -2.52. The van der Waals surface area contributed by atoms with Gasteiger partial charge in [0.05, 0.1) is 4.90 Å². The van der Waals surface area contributed by atoms with Gasteiger partial charge in [-0.1, -0.05) is 74.4 Å². The van der Waals surface area contributed by atoms with E-state index in [2.05, 4.69) is 9.82 Å². The van der Waals surface area contributed by atoms with Crippen molar-refractivity contribution in [1.82, 2.24) is 9.62 Å². The van der Waals surface area contributed by atoms with Crippen molar-refractivity contribution in [1.29, 1.82) is 0 Å². The quantitative estimate of drug-likeness (QED) is 0.163. The lowest BCUT2D eigenvalue weighted by atomic mass is 10.0. The Kier molecular flexibility index (Phi) is 8.45. The average Bonchev–Trinajstić information content (AvgIpc) is 3.45. The highest BCUT2D eigenvalue weighted by atomic mass is 32.2. The van der Waals surface area contributed by atoms with E-state index in [-0.39, 0.29) is 29.1 Å². The second-order valence-corrected chi connectivity index (χ2v) is 11.3. The van der Waals surface area contributed by atoms with Gasteiger partial charge in [0.2, 0.25) is 15.9 Å². The summed E-state index contributed by atoms with van der Waals surface area (Å²) >= 11 is 0. The van der Waals surface area contributed by atoms with Crippen LogP contribution in [0, 0.1) is 0 Å². The number of amidine groups is 1. The Morgan fingerprint density at radius 1 is 1.05 bits per heavy atom. The molecule has 37 heavy (non-hydrogen) atoms. The molecule has 1 aliphatic rings. The lowest BCUT2D eigenvalue weighted by Gasteiger charge is -2.32. The van der Waals surface area contributed by atoms with Gasteiger partial charge in [-0.2, -0.15) is 9.82 Å². The molecular weight excluding hydrogens is 486 g/mol. The number of nitrogens with one attached hydrogen (secondary N) is 1. The molecule has 0 spiro atoms. The summed E-state index contributed by atoms with van der Waals surface area (Å²) in [6, 6.07) is 18.9. The number of carbonyl (C=O) groups is 1. The van der Waals surface area contributed by atoms with Gasteiger partial charge in [-0.05, 0) is 54.2 Å². The van der Waals surface area contributed by atoms with Crippen LogP contribution in [0.15, 0.2) is 76.7 Å². The van der Waals surface area contributed by atoms with E-state index in [1.807, 2.05) is 48.2 Å². The largest absolute Gasteiger partial charge is 0.382 e. The highest BCUT2D eigenvalue weighted by Crippen LogP contribution is 2.26. The van der Waals surface area contributed by atoms with Gasteiger partial charge in [0.15, 0.2) is 0 Å². The monoisotopic (exact) mass is 521 g/mol. The maximum atomic E-state index is 13.9. The summed E-state index contributed by atoms with van der Waals surface area (Å²) in [5, 5.41) is 5.28. The van der Waals surface area contributed by atoms with E-state index in [0.29, 0.717) is 12.1 Å². The molecule has 0 aromatic heterocycles. The van der Waals surface area contributed by atoms with E-state index >= 15 is 0 Å². The minimum atomic E-state index is -3.97. The minimum absolute atomic E-state index is 0.134. The first-order valence-corrected chi connectivity index (χ1v) is 14.2. The maximum absolute atomic E-state index is 13.9. The number of rotatable bonds is 10. The van der Waals surface area contributed by atoms with Crippen molar-refractivity contribution in [3.05, 3.63) is 77.9 Å². The Bertz CT molecular complexity index is 1370. The van der Waals surface area contributed by atoms with Crippen LogP contribution < -0.4 is 16.3 Å². The van der Waals surface area contributed by atoms with Crippen LogP contribution in [0.2, 0.25) is 0 Å².